The Hall–Kier alpha value is -5.48. The Labute approximate surface area is 254 Å². The van der Waals surface area contributed by atoms with Crippen molar-refractivity contribution in [3.05, 3.63) is 130 Å². The molecule has 1 aliphatic rings. The van der Waals surface area contributed by atoms with E-state index in [4.69, 9.17) is 21.3 Å². The minimum Gasteiger partial charge on any atom is -0.391 e. The van der Waals surface area contributed by atoms with Crippen molar-refractivity contribution in [2.45, 2.75) is 26.7 Å². The smallest absolute Gasteiger partial charge is 0.338 e. The second kappa shape index (κ2) is 14.6. The van der Waals surface area contributed by atoms with Gasteiger partial charge >= 0.3 is 5.70 Å². The average Bonchev–Trinajstić information content (AvgIpc) is 3.45. The fourth-order valence-electron chi connectivity index (χ4n) is 4.03. The molecule has 0 radical (unpaired) electrons. The van der Waals surface area contributed by atoms with Crippen LogP contribution in [0.2, 0.25) is 5.15 Å². The number of rotatable bonds is 14. The van der Waals surface area contributed by atoms with Gasteiger partial charge in [-0.25, -0.2) is 4.98 Å². The van der Waals surface area contributed by atoms with Gasteiger partial charge in [-0.3, -0.25) is 45.7 Å². The summed E-state index contributed by atoms with van der Waals surface area (Å²) < 4.78 is 0. The molecule has 1 aromatic heterocycles. The van der Waals surface area contributed by atoms with E-state index in [1.54, 1.807) is 23.2 Å². The average molecular weight is 625 g/mol. The molecule has 228 valence electrons. The van der Waals surface area contributed by atoms with Crippen LogP contribution in [-0.4, -0.2) is 49.3 Å². The molecule has 3 aromatic rings. The van der Waals surface area contributed by atoms with E-state index in [1.165, 1.54) is 55.5 Å². The Kier molecular flexibility index (Phi) is 10.4. The second-order valence-corrected chi connectivity index (χ2v) is 9.67. The third-order valence-electron chi connectivity index (χ3n) is 6.23. The number of hydrogen-bond acceptors (Lipinski definition) is 13. The summed E-state index contributed by atoms with van der Waals surface area (Å²) in [6, 6.07) is 14.6. The summed E-state index contributed by atoms with van der Waals surface area (Å²) in [5.74, 6) is 0.0799. The zero-order chi connectivity index (χ0) is 31.6. The minimum absolute atomic E-state index is 0.0463. The molecule has 0 saturated carbocycles. The van der Waals surface area contributed by atoms with Crippen molar-refractivity contribution in [1.29, 1.82) is 0 Å². The lowest BCUT2D eigenvalue weighted by molar-refractivity contribution is -0.417. The Morgan fingerprint density at radius 2 is 1.52 bits per heavy atom. The van der Waals surface area contributed by atoms with E-state index in [2.05, 4.69) is 20.6 Å². The molecule has 17 heteroatoms. The molecular weight excluding hydrogens is 600 g/mol. The number of aliphatic imine (C=N–C) groups is 1. The Morgan fingerprint density at radius 1 is 0.932 bits per heavy atom. The number of hydroxylamine groups is 1. The van der Waals surface area contributed by atoms with Gasteiger partial charge in [-0.05, 0) is 53.9 Å². The number of nitrogens with one attached hydrogen (secondary N) is 1. The van der Waals surface area contributed by atoms with Crippen LogP contribution in [0.15, 0.2) is 88.4 Å². The van der Waals surface area contributed by atoms with Crippen LogP contribution < -0.4 is 5.48 Å². The van der Waals surface area contributed by atoms with Gasteiger partial charge in [0.25, 0.3) is 11.4 Å². The maximum Gasteiger partial charge on any atom is 0.338 e. The van der Waals surface area contributed by atoms with Gasteiger partial charge in [0, 0.05) is 43.6 Å². The van der Waals surface area contributed by atoms with Gasteiger partial charge in [-0.2, -0.15) is 0 Å². The van der Waals surface area contributed by atoms with Crippen molar-refractivity contribution in [3.8, 4) is 0 Å². The fraction of sp³-hybridized carbons (Fsp3) is 0.222. The summed E-state index contributed by atoms with van der Waals surface area (Å²) in [6.45, 7) is 2.27. The standard InChI is InChI=1S/C27H25ClN8O8/c1-18(31-43-16-19-2-7-22(8-3-19)34(37)38)25(32-44-17-20-4-9-23(10-5-20)35(39)40)26(36(41)42)27-29-12-13-33(27)15-21-6-11-24(28)30-14-21/h2-11,14,32H,12-13,15-17H2,1H3/b26-25+,31-18+. The molecule has 2 heterocycles. The van der Waals surface area contributed by atoms with Gasteiger partial charge in [0.05, 0.1) is 27.9 Å². The Bertz CT molecular complexity index is 1610. The molecule has 0 aliphatic carbocycles. The summed E-state index contributed by atoms with van der Waals surface area (Å²) in [5, 5.41) is 38.7. The predicted molar refractivity (Wildman–Crippen MR) is 158 cm³/mol. The van der Waals surface area contributed by atoms with Gasteiger partial charge in [-0.1, -0.05) is 22.8 Å². The molecule has 0 atom stereocenters. The van der Waals surface area contributed by atoms with Crippen LogP contribution in [0, 0.1) is 30.3 Å². The molecule has 16 nitrogen and oxygen atoms in total. The van der Waals surface area contributed by atoms with Crippen LogP contribution in [0.25, 0.3) is 0 Å². The number of non-ortho nitro benzene ring substituents is 2. The molecule has 4 rings (SSSR count). The largest absolute Gasteiger partial charge is 0.391 e. The molecule has 1 N–H and O–H groups in total. The van der Waals surface area contributed by atoms with Crippen LogP contribution >= 0.6 is 11.6 Å². The lowest BCUT2D eigenvalue weighted by Crippen LogP contribution is -2.35. The maximum absolute atomic E-state index is 12.5. The zero-order valence-corrected chi connectivity index (χ0v) is 23.9. The van der Waals surface area contributed by atoms with Crippen LogP contribution in [-0.2, 0) is 29.4 Å². The van der Waals surface area contributed by atoms with E-state index in [-0.39, 0.29) is 48.4 Å². The number of oxime groups is 1. The van der Waals surface area contributed by atoms with Crippen molar-refractivity contribution in [2.24, 2.45) is 10.1 Å². The number of pyridine rings is 1. The third-order valence-corrected chi connectivity index (χ3v) is 6.45. The molecular formula is C27H25ClN8O8. The Morgan fingerprint density at radius 3 is 2.07 bits per heavy atom. The number of halogens is 1. The highest BCUT2D eigenvalue weighted by Crippen LogP contribution is 2.20. The van der Waals surface area contributed by atoms with Gasteiger partial charge in [0.15, 0.2) is 5.70 Å². The topological polar surface area (TPSA) is 201 Å². The van der Waals surface area contributed by atoms with Crippen molar-refractivity contribution in [2.75, 3.05) is 13.1 Å². The van der Waals surface area contributed by atoms with Gasteiger partial charge in [0.1, 0.15) is 17.5 Å². The first-order chi connectivity index (χ1) is 21.1. The summed E-state index contributed by atoms with van der Waals surface area (Å²) >= 11 is 5.89. The van der Waals surface area contributed by atoms with Crippen molar-refractivity contribution < 1.29 is 24.4 Å². The van der Waals surface area contributed by atoms with Crippen LogP contribution in [0.1, 0.15) is 23.6 Å². The van der Waals surface area contributed by atoms with Crippen LogP contribution in [0.4, 0.5) is 11.4 Å². The summed E-state index contributed by atoms with van der Waals surface area (Å²) in [4.78, 5) is 53.8. The summed E-state index contributed by atoms with van der Waals surface area (Å²) in [6.07, 6.45) is 1.57. The number of nitro benzene ring substituents is 2. The fourth-order valence-corrected chi connectivity index (χ4v) is 4.14. The van der Waals surface area contributed by atoms with Gasteiger partial charge < -0.3 is 9.74 Å². The molecule has 0 saturated heterocycles. The minimum atomic E-state index is -0.607. The lowest BCUT2D eigenvalue weighted by Gasteiger charge is -2.20. The number of nitrogens with zero attached hydrogens (tertiary/aromatic N) is 7. The van der Waals surface area contributed by atoms with E-state index in [0.29, 0.717) is 29.4 Å². The van der Waals surface area contributed by atoms with E-state index in [1.807, 2.05) is 0 Å². The number of aromatic nitrogens is 1. The van der Waals surface area contributed by atoms with Gasteiger partial charge in [-0.15, -0.1) is 0 Å². The number of amidine groups is 1. The first-order valence-corrected chi connectivity index (χ1v) is 13.3. The highest BCUT2D eigenvalue weighted by molar-refractivity contribution is 6.29. The van der Waals surface area contributed by atoms with E-state index < -0.39 is 20.5 Å². The second-order valence-electron chi connectivity index (χ2n) is 9.28. The SMILES string of the molecule is CC(=N\OCc1ccc([N+](=O)[O-])cc1)/C(NOCc1ccc([N+](=O)[O-])cc1)=C(/C1=NCCN1Cc1ccc(Cl)nc1)[N+](=O)[O-]. The van der Waals surface area contributed by atoms with E-state index in [9.17, 15) is 30.3 Å². The molecule has 0 bridgehead atoms. The highest BCUT2D eigenvalue weighted by atomic mass is 35.5. The maximum atomic E-state index is 12.5. The first kappa shape index (κ1) is 31.5. The highest BCUT2D eigenvalue weighted by Gasteiger charge is 2.34. The van der Waals surface area contributed by atoms with Crippen molar-refractivity contribution in [1.82, 2.24) is 15.4 Å². The molecule has 2 aromatic carbocycles. The molecule has 0 amide bonds. The van der Waals surface area contributed by atoms with Gasteiger partial charge in [0.2, 0.25) is 5.84 Å². The van der Waals surface area contributed by atoms with Crippen LogP contribution in [0.5, 0.6) is 0 Å². The third kappa shape index (κ3) is 8.30. The number of benzene rings is 2. The normalized spacial score (nSPS) is 13.6. The van der Waals surface area contributed by atoms with Crippen molar-refractivity contribution in [3.63, 3.8) is 0 Å². The summed E-state index contributed by atoms with van der Waals surface area (Å²) in [5.41, 5.74) is 3.81. The van der Waals surface area contributed by atoms with Crippen LogP contribution in [0.3, 0.4) is 0 Å². The molecule has 1 aliphatic heterocycles. The molecule has 0 spiro atoms. The quantitative estimate of drug-likeness (QED) is 0.114. The monoisotopic (exact) mass is 624 g/mol. The summed E-state index contributed by atoms with van der Waals surface area (Å²) in [7, 11) is 0. The first-order valence-electron chi connectivity index (χ1n) is 12.9. The molecule has 0 fully saturated rings. The number of allylic oxidation sites excluding steroid dienone is 1. The number of nitro groups is 3. The Balaban J connectivity index is 1.59. The van der Waals surface area contributed by atoms with E-state index >= 15 is 0 Å². The lowest BCUT2D eigenvalue weighted by atomic mass is 10.2. The molecule has 44 heavy (non-hydrogen) atoms. The molecule has 0 unspecified atom stereocenters. The zero-order valence-electron chi connectivity index (χ0n) is 23.2. The number of hydrogen-bond donors (Lipinski definition) is 1. The van der Waals surface area contributed by atoms with Crippen molar-refractivity contribution >= 4 is 34.5 Å². The predicted octanol–water partition coefficient (Wildman–Crippen LogP) is 4.57. The van der Waals surface area contributed by atoms with E-state index in [0.717, 1.165) is 5.56 Å².